The summed E-state index contributed by atoms with van der Waals surface area (Å²) in [5.74, 6) is 0. The third-order valence-electron chi connectivity index (χ3n) is 1.76. The third kappa shape index (κ3) is 17.6. The van der Waals surface area contributed by atoms with Crippen molar-refractivity contribution < 1.29 is 0 Å². The summed E-state index contributed by atoms with van der Waals surface area (Å²) in [5.41, 5.74) is 11.1. The predicted octanol–water partition coefficient (Wildman–Crippen LogP) is 6.28. The molecule has 2 rings (SSSR count). The zero-order valence-corrected chi connectivity index (χ0v) is 20.9. The molecule has 0 atom stereocenters. The molecular weight excluding hydrogens is 428 g/mol. The maximum Gasteiger partial charge on any atom is 0.212 e. The van der Waals surface area contributed by atoms with Crippen LogP contribution in [-0.2, 0) is 0 Å². The van der Waals surface area contributed by atoms with Crippen molar-refractivity contribution in [3.63, 3.8) is 0 Å². The van der Waals surface area contributed by atoms with Crippen LogP contribution >= 0.6 is 34.3 Å². The molecule has 2 aromatic rings. The van der Waals surface area contributed by atoms with E-state index >= 15 is 0 Å². The lowest BCUT2D eigenvalue weighted by atomic mass is 10.5. The molecule has 29 heavy (non-hydrogen) atoms. The van der Waals surface area contributed by atoms with Gasteiger partial charge in [-0.15, -0.1) is 11.3 Å². The summed E-state index contributed by atoms with van der Waals surface area (Å²) >= 11 is 8.22. The highest BCUT2D eigenvalue weighted by atomic mass is 35.5. The molecule has 6 N–H and O–H groups in total. The predicted molar refractivity (Wildman–Crippen MR) is 135 cm³/mol. The Hall–Kier alpha value is -2.17. The molecule has 11 heteroatoms. The number of hydrogen-bond acceptors (Lipinski definition) is 8. The van der Waals surface area contributed by atoms with Gasteiger partial charge in [0.1, 0.15) is 10.0 Å². The summed E-state index contributed by atoms with van der Waals surface area (Å²) in [6.45, 7) is 16.0. The minimum Gasteiger partial charge on any atom is -0.390 e. The molecule has 0 fully saturated rings. The van der Waals surface area contributed by atoms with Gasteiger partial charge in [-0.25, -0.2) is 20.0 Å². The second kappa shape index (κ2) is 28.0. The van der Waals surface area contributed by atoms with E-state index in [1.165, 1.54) is 35.2 Å². The first kappa shape index (κ1) is 34.3. The Bertz CT molecular complexity index is 667. The number of rotatable bonds is 4. The highest BCUT2D eigenvalue weighted by Crippen LogP contribution is 2.28. The highest BCUT2D eigenvalue weighted by Gasteiger charge is 2.04. The van der Waals surface area contributed by atoms with Crippen molar-refractivity contribution in [2.75, 3.05) is 0 Å². The molecule has 0 aromatic carbocycles. The van der Waals surface area contributed by atoms with Gasteiger partial charge in [0.15, 0.2) is 0 Å². The zero-order valence-electron chi connectivity index (χ0n) is 18.5. The Kier molecular flexibility index (Phi) is 33.2. The number of aromatic nitrogens is 2. The SMILES string of the molecule is CC.CC.CC.CC.N=Cc1csc(N=CN)n1.N=Cc1nc(N=CN)sc1Cl. The smallest absolute Gasteiger partial charge is 0.212 e. The van der Waals surface area contributed by atoms with Gasteiger partial charge in [-0.05, 0) is 0 Å². The molecule has 0 saturated heterocycles. The molecule has 2 heterocycles. The van der Waals surface area contributed by atoms with E-state index in [-0.39, 0.29) is 0 Å². The maximum absolute atomic E-state index is 6.88. The average molecular weight is 463 g/mol. The lowest BCUT2D eigenvalue weighted by Gasteiger charge is -1.77. The van der Waals surface area contributed by atoms with E-state index in [1.807, 2.05) is 55.4 Å². The lowest BCUT2D eigenvalue weighted by molar-refractivity contribution is 1.33. The van der Waals surface area contributed by atoms with Crippen LogP contribution in [0.15, 0.2) is 15.4 Å². The number of halogens is 1. The molecular formula is C18H35ClN8S2. The summed E-state index contributed by atoms with van der Waals surface area (Å²) in [6, 6.07) is 0. The fourth-order valence-electron chi connectivity index (χ4n) is 0.976. The first-order valence-electron chi connectivity index (χ1n) is 9.26. The van der Waals surface area contributed by atoms with Gasteiger partial charge in [0, 0.05) is 17.8 Å². The van der Waals surface area contributed by atoms with Gasteiger partial charge in [0.25, 0.3) is 0 Å². The van der Waals surface area contributed by atoms with E-state index in [9.17, 15) is 0 Å². The van der Waals surface area contributed by atoms with Crippen molar-refractivity contribution in [3.05, 3.63) is 21.1 Å². The summed E-state index contributed by atoms with van der Waals surface area (Å²) in [5, 5.41) is 16.5. The number of hydrogen-bond donors (Lipinski definition) is 4. The lowest BCUT2D eigenvalue weighted by Crippen LogP contribution is -1.86. The molecule has 0 aliphatic carbocycles. The topological polar surface area (TPSA) is 150 Å². The monoisotopic (exact) mass is 462 g/mol. The molecule has 0 radical (unpaired) electrons. The molecule has 0 saturated carbocycles. The van der Waals surface area contributed by atoms with Gasteiger partial charge in [0.2, 0.25) is 10.3 Å². The van der Waals surface area contributed by atoms with Crippen molar-refractivity contribution in [2.45, 2.75) is 55.4 Å². The van der Waals surface area contributed by atoms with E-state index in [4.69, 9.17) is 33.9 Å². The van der Waals surface area contributed by atoms with Crippen LogP contribution in [-0.4, -0.2) is 35.1 Å². The van der Waals surface area contributed by atoms with Gasteiger partial charge in [-0.1, -0.05) is 78.3 Å². The van der Waals surface area contributed by atoms with Gasteiger partial charge in [-0.3, -0.25) is 0 Å². The Morgan fingerprint density at radius 3 is 1.69 bits per heavy atom. The van der Waals surface area contributed by atoms with Crippen LogP contribution < -0.4 is 11.5 Å². The van der Waals surface area contributed by atoms with Crippen LogP contribution in [0.25, 0.3) is 0 Å². The fraction of sp³-hybridized carbons (Fsp3) is 0.444. The number of nitrogens with one attached hydrogen (secondary N) is 2. The Balaban J connectivity index is -0.000000161. The fourth-order valence-corrected chi connectivity index (χ4v) is 2.53. The van der Waals surface area contributed by atoms with Crippen molar-refractivity contribution in [1.82, 2.24) is 9.97 Å². The molecule has 2 aromatic heterocycles. The largest absolute Gasteiger partial charge is 0.390 e. The molecule has 0 aliphatic heterocycles. The quantitative estimate of drug-likeness (QED) is 0.312. The van der Waals surface area contributed by atoms with Crippen molar-refractivity contribution in [2.24, 2.45) is 21.5 Å². The van der Waals surface area contributed by atoms with Crippen LogP contribution in [0, 0.1) is 10.8 Å². The normalized spacial score (nSPS) is 8.45. The highest BCUT2D eigenvalue weighted by molar-refractivity contribution is 7.19. The first-order valence-corrected chi connectivity index (χ1v) is 11.3. The summed E-state index contributed by atoms with van der Waals surface area (Å²) in [6.07, 6.45) is 4.58. The average Bonchev–Trinajstić information content (AvgIpc) is 3.40. The summed E-state index contributed by atoms with van der Waals surface area (Å²) in [4.78, 5) is 15.2. The molecule has 166 valence electrons. The first-order chi connectivity index (χ1) is 14.1. The van der Waals surface area contributed by atoms with E-state index in [0.717, 1.165) is 12.6 Å². The van der Waals surface area contributed by atoms with Crippen LogP contribution in [0.5, 0.6) is 0 Å². The van der Waals surface area contributed by atoms with Crippen molar-refractivity contribution in [1.29, 1.82) is 10.8 Å². The van der Waals surface area contributed by atoms with Crippen LogP contribution in [0.2, 0.25) is 4.34 Å². The van der Waals surface area contributed by atoms with Crippen molar-refractivity contribution in [3.8, 4) is 0 Å². The van der Waals surface area contributed by atoms with Gasteiger partial charge >= 0.3 is 0 Å². The van der Waals surface area contributed by atoms with Crippen LogP contribution in [0.4, 0.5) is 10.3 Å². The number of thiazole rings is 2. The van der Waals surface area contributed by atoms with Gasteiger partial charge < -0.3 is 22.3 Å². The molecule has 0 unspecified atom stereocenters. The van der Waals surface area contributed by atoms with Crippen molar-refractivity contribution >= 4 is 69.6 Å². The van der Waals surface area contributed by atoms with Gasteiger partial charge in [0.05, 0.1) is 18.4 Å². The van der Waals surface area contributed by atoms with E-state index in [1.54, 1.807) is 5.38 Å². The molecule has 0 amide bonds. The Labute approximate surface area is 188 Å². The Morgan fingerprint density at radius 1 is 0.862 bits per heavy atom. The molecule has 0 bridgehead atoms. The number of nitrogens with two attached hydrogens (primary N) is 2. The minimum absolute atomic E-state index is 0.428. The van der Waals surface area contributed by atoms with E-state index < -0.39 is 0 Å². The number of nitrogens with zero attached hydrogens (tertiary/aromatic N) is 4. The minimum atomic E-state index is 0.428. The standard InChI is InChI=1S/C5H5ClN4S.C5H6N4S.4C2H6/c6-4-3(1-7)10-5(11-4)9-2-8;6-1-4-2-10-5(9-4)8-3-7;4*1-2/h1-2,7H,(H2,8,9,10);1-3,6H,(H2,7,8,9);4*1-2H3. The molecule has 0 spiro atoms. The second-order valence-corrected chi connectivity index (χ2v) is 5.47. The van der Waals surface area contributed by atoms with E-state index in [0.29, 0.717) is 26.0 Å². The Morgan fingerprint density at radius 2 is 1.34 bits per heavy atom. The second-order valence-electron chi connectivity index (χ2n) is 3.06. The number of aliphatic imine (C=N–C) groups is 2. The third-order valence-corrected chi connectivity index (χ3v) is 3.72. The van der Waals surface area contributed by atoms with E-state index in [2.05, 4.69) is 20.0 Å². The van der Waals surface area contributed by atoms with Gasteiger partial charge in [-0.2, -0.15) is 0 Å². The van der Waals surface area contributed by atoms with Crippen LogP contribution in [0.1, 0.15) is 66.8 Å². The van der Waals surface area contributed by atoms with Crippen LogP contribution in [0.3, 0.4) is 0 Å². The molecule has 0 aliphatic rings. The molecule has 8 nitrogen and oxygen atoms in total. The maximum atomic E-state index is 6.88. The summed E-state index contributed by atoms with van der Waals surface area (Å²) in [7, 11) is 0. The zero-order chi connectivity index (χ0) is 23.7. The summed E-state index contributed by atoms with van der Waals surface area (Å²) < 4.78 is 0.459.